The van der Waals surface area contributed by atoms with Crippen LogP contribution in [0.15, 0.2) is 12.3 Å². The molecule has 0 unspecified atom stereocenters. The van der Waals surface area contributed by atoms with Gasteiger partial charge in [0, 0.05) is 18.1 Å². The number of aryl methyl sites for hydroxylation is 2. The van der Waals surface area contributed by atoms with Crippen molar-refractivity contribution < 1.29 is 9.90 Å². The molecule has 0 saturated carbocycles. The second-order valence-corrected chi connectivity index (χ2v) is 3.66. The van der Waals surface area contributed by atoms with Gasteiger partial charge in [-0.3, -0.25) is 0 Å². The summed E-state index contributed by atoms with van der Waals surface area (Å²) < 4.78 is 2.02. The number of rotatable bonds is 1. The van der Waals surface area contributed by atoms with Crippen LogP contribution in [0, 0.1) is 13.8 Å². The number of carboxylic acid groups (broad SMARTS) is 1. The molecule has 0 radical (unpaired) electrons. The van der Waals surface area contributed by atoms with Gasteiger partial charge >= 0.3 is 5.97 Å². The third-order valence-electron chi connectivity index (χ3n) is 2.91. The van der Waals surface area contributed by atoms with Crippen LogP contribution in [0.25, 0.3) is 10.9 Å². The number of nitrogens with zero attached hydrogens (tertiary/aromatic N) is 2. The Balaban J connectivity index is 2.82. The van der Waals surface area contributed by atoms with Crippen LogP contribution in [-0.2, 0) is 7.05 Å². The van der Waals surface area contributed by atoms with E-state index in [0.717, 1.165) is 22.2 Å². The first-order valence-corrected chi connectivity index (χ1v) is 4.67. The first kappa shape index (κ1) is 9.71. The molecule has 4 heteroatoms. The fourth-order valence-electron chi connectivity index (χ4n) is 1.76. The van der Waals surface area contributed by atoms with Crippen molar-refractivity contribution in [3.05, 3.63) is 29.2 Å². The third kappa shape index (κ3) is 1.29. The van der Waals surface area contributed by atoms with Crippen molar-refractivity contribution in [2.75, 3.05) is 0 Å². The third-order valence-corrected chi connectivity index (χ3v) is 2.91. The Morgan fingerprint density at radius 3 is 2.73 bits per heavy atom. The highest BCUT2D eigenvalue weighted by atomic mass is 16.4. The van der Waals surface area contributed by atoms with Gasteiger partial charge in [-0.2, -0.15) is 0 Å². The van der Waals surface area contributed by atoms with Crippen LogP contribution in [0.4, 0.5) is 0 Å². The molecule has 2 aromatic heterocycles. The molecule has 4 nitrogen and oxygen atoms in total. The zero-order chi connectivity index (χ0) is 11.2. The highest BCUT2D eigenvalue weighted by Crippen LogP contribution is 2.23. The Bertz CT molecular complexity index is 555. The van der Waals surface area contributed by atoms with Gasteiger partial charge in [-0.1, -0.05) is 0 Å². The predicted molar refractivity (Wildman–Crippen MR) is 57.1 cm³/mol. The van der Waals surface area contributed by atoms with Crippen molar-refractivity contribution in [1.29, 1.82) is 0 Å². The SMILES string of the molecule is Cc1c(C)n(C)c2cnc(C(=O)O)cc12. The van der Waals surface area contributed by atoms with E-state index in [9.17, 15) is 4.79 Å². The second-order valence-electron chi connectivity index (χ2n) is 3.66. The van der Waals surface area contributed by atoms with Crippen molar-refractivity contribution in [1.82, 2.24) is 9.55 Å². The summed E-state index contributed by atoms with van der Waals surface area (Å²) in [5.74, 6) is -0.988. The smallest absolute Gasteiger partial charge is 0.354 e. The van der Waals surface area contributed by atoms with Crippen molar-refractivity contribution in [2.45, 2.75) is 13.8 Å². The lowest BCUT2D eigenvalue weighted by atomic mass is 10.2. The molecule has 0 aliphatic rings. The van der Waals surface area contributed by atoms with Crippen molar-refractivity contribution in [3.63, 3.8) is 0 Å². The second kappa shape index (κ2) is 3.08. The van der Waals surface area contributed by atoms with Gasteiger partial charge < -0.3 is 9.67 Å². The van der Waals surface area contributed by atoms with Crippen LogP contribution >= 0.6 is 0 Å². The normalized spacial score (nSPS) is 10.9. The lowest BCUT2D eigenvalue weighted by Crippen LogP contribution is -1.99. The summed E-state index contributed by atoms with van der Waals surface area (Å²) in [6.45, 7) is 4.00. The average molecular weight is 204 g/mol. The molecule has 0 bridgehead atoms. The van der Waals surface area contributed by atoms with Crippen LogP contribution in [0.5, 0.6) is 0 Å². The molecule has 0 saturated heterocycles. The van der Waals surface area contributed by atoms with Crippen LogP contribution in [0.1, 0.15) is 21.7 Å². The van der Waals surface area contributed by atoms with E-state index < -0.39 is 5.97 Å². The van der Waals surface area contributed by atoms with E-state index in [2.05, 4.69) is 4.98 Å². The molecule has 2 heterocycles. The van der Waals surface area contributed by atoms with Gasteiger partial charge in [0.2, 0.25) is 0 Å². The topological polar surface area (TPSA) is 55.1 Å². The number of carboxylic acids is 1. The lowest BCUT2D eigenvalue weighted by Gasteiger charge is -1.98. The van der Waals surface area contributed by atoms with Crippen molar-refractivity contribution in [3.8, 4) is 0 Å². The highest BCUT2D eigenvalue weighted by molar-refractivity contribution is 5.93. The van der Waals surface area contributed by atoms with Gasteiger partial charge in [-0.15, -0.1) is 0 Å². The van der Waals surface area contributed by atoms with Gasteiger partial charge in [0.25, 0.3) is 0 Å². The summed E-state index contributed by atoms with van der Waals surface area (Å²) in [6, 6.07) is 1.62. The Morgan fingerprint density at radius 1 is 1.47 bits per heavy atom. The van der Waals surface area contributed by atoms with Crippen molar-refractivity contribution in [2.24, 2.45) is 7.05 Å². The highest BCUT2D eigenvalue weighted by Gasteiger charge is 2.11. The number of hydrogen-bond donors (Lipinski definition) is 1. The van der Waals surface area contributed by atoms with Crippen LogP contribution < -0.4 is 0 Å². The van der Waals surface area contributed by atoms with Crippen LogP contribution in [0.3, 0.4) is 0 Å². The quantitative estimate of drug-likeness (QED) is 0.771. The Hall–Kier alpha value is -1.84. The molecule has 0 fully saturated rings. The van der Waals surface area contributed by atoms with Crippen molar-refractivity contribution >= 4 is 16.9 Å². The molecular weight excluding hydrogens is 192 g/mol. The van der Waals surface area contributed by atoms with E-state index in [1.807, 2.05) is 25.5 Å². The summed E-state index contributed by atoms with van der Waals surface area (Å²) in [7, 11) is 1.95. The Labute approximate surface area is 87.2 Å². The lowest BCUT2D eigenvalue weighted by molar-refractivity contribution is 0.0690. The summed E-state index contributed by atoms with van der Waals surface area (Å²) in [4.78, 5) is 14.7. The molecule has 2 aromatic rings. The molecule has 0 atom stereocenters. The Morgan fingerprint density at radius 2 is 2.13 bits per heavy atom. The van der Waals surface area contributed by atoms with Crippen LogP contribution in [0.2, 0.25) is 0 Å². The number of hydrogen-bond acceptors (Lipinski definition) is 2. The monoisotopic (exact) mass is 204 g/mol. The minimum atomic E-state index is -0.988. The van der Waals surface area contributed by atoms with Gasteiger partial charge in [-0.05, 0) is 25.5 Å². The maximum absolute atomic E-state index is 10.8. The van der Waals surface area contributed by atoms with E-state index in [-0.39, 0.29) is 5.69 Å². The molecular formula is C11H12N2O2. The maximum Gasteiger partial charge on any atom is 0.354 e. The number of aromatic nitrogens is 2. The fourth-order valence-corrected chi connectivity index (χ4v) is 1.76. The summed E-state index contributed by atoms with van der Waals surface area (Å²) >= 11 is 0. The number of aromatic carboxylic acids is 1. The minimum absolute atomic E-state index is 0.0937. The largest absolute Gasteiger partial charge is 0.477 e. The van der Waals surface area contributed by atoms with E-state index >= 15 is 0 Å². The minimum Gasteiger partial charge on any atom is -0.477 e. The molecule has 78 valence electrons. The predicted octanol–water partition coefficient (Wildman–Crippen LogP) is 1.89. The van der Waals surface area contributed by atoms with Crippen LogP contribution in [-0.4, -0.2) is 20.6 Å². The van der Waals surface area contributed by atoms with Gasteiger partial charge in [-0.25, -0.2) is 9.78 Å². The Kier molecular flexibility index (Phi) is 2.00. The number of fused-ring (bicyclic) bond motifs is 1. The van der Waals surface area contributed by atoms with Gasteiger partial charge in [0.1, 0.15) is 5.69 Å². The van der Waals surface area contributed by atoms with E-state index in [0.29, 0.717) is 0 Å². The number of carbonyl (C=O) groups is 1. The number of pyridine rings is 1. The molecule has 0 aromatic carbocycles. The zero-order valence-electron chi connectivity index (χ0n) is 8.90. The molecule has 0 spiro atoms. The molecule has 1 N–H and O–H groups in total. The summed E-state index contributed by atoms with van der Waals surface area (Å²) in [5, 5.41) is 9.80. The molecule has 0 aliphatic carbocycles. The molecule has 0 amide bonds. The standard InChI is InChI=1S/C11H12N2O2/c1-6-7(2)13(3)10-5-12-9(11(14)15)4-8(6)10/h4-5H,1-3H3,(H,14,15). The molecule has 0 aliphatic heterocycles. The first-order valence-electron chi connectivity index (χ1n) is 4.67. The van der Waals surface area contributed by atoms with E-state index in [4.69, 9.17) is 5.11 Å². The molecule has 2 rings (SSSR count). The average Bonchev–Trinajstić information content (AvgIpc) is 2.44. The fraction of sp³-hybridized carbons (Fsp3) is 0.273. The summed E-state index contributed by atoms with van der Waals surface area (Å²) in [6.07, 6.45) is 1.61. The maximum atomic E-state index is 10.8. The molecule has 15 heavy (non-hydrogen) atoms. The zero-order valence-corrected chi connectivity index (χ0v) is 8.90. The summed E-state index contributed by atoms with van der Waals surface area (Å²) in [5.41, 5.74) is 3.30. The first-order chi connectivity index (χ1) is 7.02. The van der Waals surface area contributed by atoms with Gasteiger partial charge in [0.15, 0.2) is 0 Å². The van der Waals surface area contributed by atoms with Gasteiger partial charge in [0.05, 0.1) is 11.7 Å². The van der Waals surface area contributed by atoms with E-state index in [1.54, 1.807) is 12.3 Å². The van der Waals surface area contributed by atoms with E-state index in [1.165, 1.54) is 0 Å².